The molecule has 0 aromatic heterocycles. The Balaban J connectivity index is 1.99. The van der Waals surface area contributed by atoms with Crippen LogP contribution in [0, 0.1) is 5.92 Å². The van der Waals surface area contributed by atoms with Crippen LogP contribution in [0.15, 0.2) is 54.6 Å². The molecule has 0 saturated carbocycles. The summed E-state index contributed by atoms with van der Waals surface area (Å²) in [5, 5.41) is 15.5. The number of esters is 1. The summed E-state index contributed by atoms with van der Waals surface area (Å²) in [6.45, 7) is 3.51. The van der Waals surface area contributed by atoms with Crippen LogP contribution < -0.4 is 5.32 Å². The Morgan fingerprint density at radius 2 is 1.55 bits per heavy atom. The Labute approximate surface area is 168 Å². The summed E-state index contributed by atoms with van der Waals surface area (Å²) >= 11 is 0. The van der Waals surface area contributed by atoms with E-state index in [0.29, 0.717) is 5.56 Å². The second kappa shape index (κ2) is 8.73. The minimum Gasteiger partial charge on any atom is -0.480 e. The average molecular weight is 393 g/mol. The molecule has 0 saturated heterocycles. The summed E-state index contributed by atoms with van der Waals surface area (Å²) in [5.41, 5.74) is 0.424. The number of fused-ring (bicyclic) bond motifs is 2. The number of carboxylic acid groups (broad SMARTS) is 1. The van der Waals surface area contributed by atoms with Gasteiger partial charge in [0.05, 0.1) is 18.6 Å². The van der Waals surface area contributed by atoms with Gasteiger partial charge in [-0.25, -0.2) is 4.79 Å². The lowest BCUT2D eigenvalue weighted by Gasteiger charge is -2.22. The molecule has 0 unspecified atom stereocenters. The molecule has 0 aliphatic heterocycles. The summed E-state index contributed by atoms with van der Waals surface area (Å²) in [4.78, 5) is 36.8. The summed E-state index contributed by atoms with van der Waals surface area (Å²) in [6, 6.07) is 15.7. The molecule has 3 aromatic rings. The van der Waals surface area contributed by atoms with E-state index in [4.69, 9.17) is 4.74 Å². The Kier molecular flexibility index (Phi) is 6.12. The Morgan fingerprint density at radius 1 is 1.00 bits per heavy atom. The molecule has 6 nitrogen and oxygen atoms in total. The van der Waals surface area contributed by atoms with Crippen LogP contribution in [0.3, 0.4) is 0 Å². The fourth-order valence-electron chi connectivity index (χ4n) is 3.52. The highest BCUT2D eigenvalue weighted by Crippen LogP contribution is 2.28. The molecule has 2 atom stereocenters. The van der Waals surface area contributed by atoms with Gasteiger partial charge in [0.15, 0.2) is 0 Å². The molecule has 150 valence electrons. The van der Waals surface area contributed by atoms with Crippen molar-refractivity contribution >= 4 is 39.4 Å². The van der Waals surface area contributed by atoms with Crippen molar-refractivity contribution in [3.8, 4) is 0 Å². The number of ether oxygens (including phenoxy) is 1. The average Bonchev–Trinajstić information content (AvgIpc) is 2.69. The third-order valence-electron chi connectivity index (χ3n) is 4.91. The normalized spacial score (nSPS) is 13.0. The van der Waals surface area contributed by atoms with Gasteiger partial charge in [0.25, 0.3) is 5.91 Å². The Morgan fingerprint density at radius 3 is 2.07 bits per heavy atom. The second-order valence-electron chi connectivity index (χ2n) is 6.97. The smallest absolute Gasteiger partial charge is 0.326 e. The summed E-state index contributed by atoms with van der Waals surface area (Å²) < 4.78 is 4.90. The molecule has 3 aromatic carbocycles. The van der Waals surface area contributed by atoms with Gasteiger partial charge in [-0.1, -0.05) is 55.5 Å². The number of benzene rings is 3. The molecular formula is C23H23NO5. The SMILES string of the molecule is CCOC(=O)C[C@@H](C)[C@@H](NC(=O)c1c2ccccc2cc2ccccc12)C(=O)O. The fourth-order valence-corrected chi connectivity index (χ4v) is 3.52. The third-order valence-corrected chi connectivity index (χ3v) is 4.91. The van der Waals surface area contributed by atoms with E-state index in [1.54, 1.807) is 13.8 Å². The van der Waals surface area contributed by atoms with Crippen LogP contribution in [0.1, 0.15) is 30.6 Å². The van der Waals surface area contributed by atoms with Gasteiger partial charge in [0.2, 0.25) is 0 Å². The van der Waals surface area contributed by atoms with Crippen LogP contribution in [0.2, 0.25) is 0 Å². The van der Waals surface area contributed by atoms with E-state index >= 15 is 0 Å². The van der Waals surface area contributed by atoms with Crippen molar-refractivity contribution in [1.29, 1.82) is 0 Å². The first-order valence-electron chi connectivity index (χ1n) is 9.52. The molecular weight excluding hydrogens is 370 g/mol. The van der Waals surface area contributed by atoms with E-state index < -0.39 is 29.8 Å². The maximum Gasteiger partial charge on any atom is 0.326 e. The first kappa shape index (κ1) is 20.3. The number of amides is 1. The zero-order valence-electron chi connectivity index (χ0n) is 16.3. The van der Waals surface area contributed by atoms with E-state index in [1.807, 2.05) is 54.6 Å². The zero-order chi connectivity index (χ0) is 21.0. The Hall–Kier alpha value is -3.41. The number of aliphatic carboxylic acids is 1. The van der Waals surface area contributed by atoms with Crippen molar-refractivity contribution < 1.29 is 24.2 Å². The lowest BCUT2D eigenvalue weighted by molar-refractivity contribution is -0.145. The Bertz CT molecular complexity index is 1020. The van der Waals surface area contributed by atoms with Crippen LogP contribution >= 0.6 is 0 Å². The summed E-state index contributed by atoms with van der Waals surface area (Å²) in [5.74, 6) is -2.80. The minimum absolute atomic E-state index is 0.0959. The van der Waals surface area contributed by atoms with Gasteiger partial charge in [-0.3, -0.25) is 9.59 Å². The first-order chi connectivity index (χ1) is 13.9. The fraction of sp³-hybridized carbons (Fsp3) is 0.261. The van der Waals surface area contributed by atoms with Gasteiger partial charge in [-0.15, -0.1) is 0 Å². The van der Waals surface area contributed by atoms with Gasteiger partial charge in [-0.05, 0) is 40.5 Å². The van der Waals surface area contributed by atoms with Crippen LogP contribution in [-0.4, -0.2) is 35.6 Å². The largest absolute Gasteiger partial charge is 0.480 e. The molecule has 0 aliphatic rings. The van der Waals surface area contributed by atoms with Crippen LogP contribution in [-0.2, 0) is 14.3 Å². The van der Waals surface area contributed by atoms with Crippen molar-refractivity contribution in [2.75, 3.05) is 6.61 Å². The van der Waals surface area contributed by atoms with Crippen molar-refractivity contribution in [3.05, 3.63) is 60.2 Å². The van der Waals surface area contributed by atoms with Crippen LogP contribution in [0.4, 0.5) is 0 Å². The summed E-state index contributed by atoms with van der Waals surface area (Å²) in [7, 11) is 0. The quantitative estimate of drug-likeness (QED) is 0.471. The molecule has 0 heterocycles. The van der Waals surface area contributed by atoms with Crippen molar-refractivity contribution in [2.24, 2.45) is 5.92 Å². The number of rotatable bonds is 7. The van der Waals surface area contributed by atoms with Gasteiger partial charge < -0.3 is 15.2 Å². The topological polar surface area (TPSA) is 92.7 Å². The highest BCUT2D eigenvalue weighted by Gasteiger charge is 2.30. The monoisotopic (exact) mass is 393 g/mol. The zero-order valence-corrected chi connectivity index (χ0v) is 16.3. The number of carbonyl (C=O) groups is 3. The highest BCUT2D eigenvalue weighted by molar-refractivity contribution is 6.18. The second-order valence-corrected chi connectivity index (χ2v) is 6.97. The predicted octanol–water partition coefficient (Wildman–Crippen LogP) is 3.77. The molecule has 0 spiro atoms. The van der Waals surface area contributed by atoms with Gasteiger partial charge in [0, 0.05) is 0 Å². The number of hydrogen-bond acceptors (Lipinski definition) is 4. The standard InChI is InChI=1S/C23H23NO5/c1-3-29-19(25)12-14(2)21(23(27)28)24-22(26)20-17-10-6-4-8-15(17)13-16-9-5-7-11-18(16)20/h4-11,13-14,21H,3,12H2,1-2H3,(H,24,26)(H,27,28)/t14-,21-/m1/s1. The van der Waals surface area contributed by atoms with E-state index in [2.05, 4.69) is 5.32 Å². The highest BCUT2D eigenvalue weighted by atomic mass is 16.5. The minimum atomic E-state index is -1.22. The number of carbonyl (C=O) groups excluding carboxylic acids is 2. The van der Waals surface area contributed by atoms with Gasteiger partial charge in [-0.2, -0.15) is 0 Å². The molecule has 1 amide bonds. The third kappa shape index (κ3) is 4.37. The van der Waals surface area contributed by atoms with Crippen molar-refractivity contribution in [2.45, 2.75) is 26.3 Å². The maximum absolute atomic E-state index is 13.2. The molecule has 2 N–H and O–H groups in total. The molecule has 3 rings (SSSR count). The lowest BCUT2D eigenvalue weighted by atomic mass is 9.94. The molecule has 0 aliphatic carbocycles. The first-order valence-corrected chi connectivity index (χ1v) is 9.52. The van der Waals surface area contributed by atoms with Gasteiger partial charge >= 0.3 is 11.9 Å². The lowest BCUT2D eigenvalue weighted by Crippen LogP contribution is -2.45. The number of hydrogen-bond donors (Lipinski definition) is 2. The molecule has 0 radical (unpaired) electrons. The number of carboxylic acids is 1. The van der Waals surface area contributed by atoms with E-state index in [0.717, 1.165) is 21.5 Å². The molecule has 0 bridgehead atoms. The van der Waals surface area contributed by atoms with Crippen molar-refractivity contribution in [1.82, 2.24) is 5.32 Å². The van der Waals surface area contributed by atoms with E-state index in [1.165, 1.54) is 0 Å². The summed E-state index contributed by atoms with van der Waals surface area (Å²) in [6.07, 6.45) is -0.0959. The van der Waals surface area contributed by atoms with Crippen LogP contribution in [0.5, 0.6) is 0 Å². The van der Waals surface area contributed by atoms with E-state index in [-0.39, 0.29) is 13.0 Å². The van der Waals surface area contributed by atoms with Crippen LogP contribution in [0.25, 0.3) is 21.5 Å². The molecule has 0 fully saturated rings. The van der Waals surface area contributed by atoms with E-state index in [9.17, 15) is 19.5 Å². The predicted molar refractivity (Wildman–Crippen MR) is 111 cm³/mol. The molecule has 29 heavy (non-hydrogen) atoms. The number of nitrogens with one attached hydrogen (secondary N) is 1. The molecule has 6 heteroatoms. The van der Waals surface area contributed by atoms with Crippen molar-refractivity contribution in [3.63, 3.8) is 0 Å². The van der Waals surface area contributed by atoms with Gasteiger partial charge in [0.1, 0.15) is 6.04 Å². The maximum atomic E-state index is 13.2.